The van der Waals surface area contributed by atoms with E-state index in [4.69, 9.17) is 5.11 Å². The minimum Gasteiger partial charge on any atom is -0.507 e. The van der Waals surface area contributed by atoms with Crippen LogP contribution in [0.1, 0.15) is 20.7 Å². The van der Waals surface area contributed by atoms with Gasteiger partial charge < -0.3 is 14.9 Å². The van der Waals surface area contributed by atoms with Gasteiger partial charge in [-0.05, 0) is 35.9 Å². The van der Waals surface area contributed by atoms with E-state index in [1.807, 2.05) is 0 Å². The lowest BCUT2D eigenvalue weighted by molar-refractivity contribution is 0.0594. The normalized spacial score (nSPS) is 10.2. The molecule has 0 bridgehead atoms. The van der Waals surface area contributed by atoms with Crippen molar-refractivity contribution in [2.24, 2.45) is 0 Å². The number of aromatic carboxylic acids is 1. The summed E-state index contributed by atoms with van der Waals surface area (Å²) in [6, 6.07) is 7.45. The molecule has 0 saturated heterocycles. The number of aromatic hydroxyl groups is 1. The summed E-state index contributed by atoms with van der Waals surface area (Å²) in [4.78, 5) is 22.2. The predicted octanol–water partition coefficient (Wildman–Crippen LogP) is 2.68. The zero-order valence-electron chi connectivity index (χ0n) is 11.0. The van der Waals surface area contributed by atoms with Crippen LogP contribution in [-0.4, -0.2) is 29.3 Å². The van der Waals surface area contributed by atoms with Crippen LogP contribution in [0.2, 0.25) is 0 Å². The van der Waals surface area contributed by atoms with Gasteiger partial charge in [-0.15, -0.1) is 0 Å². The fourth-order valence-corrected chi connectivity index (χ4v) is 1.87. The molecule has 0 aliphatic heterocycles. The Bertz CT molecular complexity index is 724. The molecule has 5 nitrogen and oxygen atoms in total. The molecule has 0 radical (unpaired) electrons. The Labute approximate surface area is 119 Å². The Morgan fingerprint density at radius 3 is 2.43 bits per heavy atom. The lowest BCUT2D eigenvalue weighted by atomic mass is 10.0. The first-order valence-electron chi connectivity index (χ1n) is 5.88. The summed E-state index contributed by atoms with van der Waals surface area (Å²) in [6.45, 7) is 0. The van der Waals surface area contributed by atoms with Crippen LogP contribution in [-0.2, 0) is 4.74 Å². The molecule has 0 spiro atoms. The molecular weight excluding hydrogens is 279 g/mol. The molecule has 0 fully saturated rings. The topological polar surface area (TPSA) is 83.8 Å². The van der Waals surface area contributed by atoms with Gasteiger partial charge in [0.15, 0.2) is 0 Å². The van der Waals surface area contributed by atoms with Gasteiger partial charge in [0.25, 0.3) is 0 Å². The molecular formula is C15H11FO5. The molecule has 2 rings (SSSR count). The van der Waals surface area contributed by atoms with Crippen molar-refractivity contribution in [1.82, 2.24) is 0 Å². The molecule has 0 aromatic heterocycles. The highest BCUT2D eigenvalue weighted by atomic mass is 19.1. The number of rotatable bonds is 3. The van der Waals surface area contributed by atoms with Crippen molar-refractivity contribution in [3.8, 4) is 16.9 Å². The van der Waals surface area contributed by atoms with Gasteiger partial charge in [0.2, 0.25) is 0 Å². The molecule has 0 saturated carbocycles. The monoisotopic (exact) mass is 290 g/mol. The largest absolute Gasteiger partial charge is 0.507 e. The summed E-state index contributed by atoms with van der Waals surface area (Å²) in [5, 5.41) is 18.7. The molecule has 0 atom stereocenters. The van der Waals surface area contributed by atoms with Crippen molar-refractivity contribution in [2.75, 3.05) is 7.11 Å². The van der Waals surface area contributed by atoms with Crippen LogP contribution < -0.4 is 0 Å². The Hall–Kier alpha value is -2.89. The van der Waals surface area contributed by atoms with Crippen molar-refractivity contribution in [3.05, 3.63) is 53.3 Å². The van der Waals surface area contributed by atoms with Crippen LogP contribution in [0, 0.1) is 5.82 Å². The van der Waals surface area contributed by atoms with Gasteiger partial charge in [-0.1, -0.05) is 6.07 Å². The van der Waals surface area contributed by atoms with Gasteiger partial charge in [-0.3, -0.25) is 0 Å². The fraction of sp³-hybridized carbons (Fsp3) is 0.0667. The van der Waals surface area contributed by atoms with E-state index in [1.165, 1.54) is 24.3 Å². The molecule has 0 aliphatic carbocycles. The Balaban J connectivity index is 2.52. The zero-order valence-corrected chi connectivity index (χ0v) is 11.0. The Morgan fingerprint density at radius 2 is 1.86 bits per heavy atom. The second-order valence-corrected chi connectivity index (χ2v) is 4.22. The highest BCUT2D eigenvalue weighted by Gasteiger charge is 2.15. The van der Waals surface area contributed by atoms with Gasteiger partial charge in [0.1, 0.15) is 11.6 Å². The third-order valence-electron chi connectivity index (χ3n) is 2.93. The van der Waals surface area contributed by atoms with Crippen LogP contribution in [0.5, 0.6) is 5.75 Å². The lowest BCUT2D eigenvalue weighted by Gasteiger charge is -2.08. The average Bonchev–Trinajstić information content (AvgIpc) is 2.47. The molecule has 21 heavy (non-hydrogen) atoms. The summed E-state index contributed by atoms with van der Waals surface area (Å²) in [6.07, 6.45) is 0. The number of carbonyl (C=O) groups excluding carboxylic acids is 1. The minimum atomic E-state index is -1.17. The van der Waals surface area contributed by atoms with Gasteiger partial charge in [-0.2, -0.15) is 0 Å². The second kappa shape index (κ2) is 5.62. The highest BCUT2D eigenvalue weighted by molar-refractivity contribution is 5.92. The molecule has 0 unspecified atom stereocenters. The highest BCUT2D eigenvalue weighted by Crippen LogP contribution is 2.31. The quantitative estimate of drug-likeness (QED) is 0.849. The average molecular weight is 290 g/mol. The summed E-state index contributed by atoms with van der Waals surface area (Å²) in [5.41, 5.74) is 0.305. The number of carbonyl (C=O) groups is 2. The van der Waals surface area contributed by atoms with Crippen molar-refractivity contribution < 1.29 is 28.9 Å². The summed E-state index contributed by atoms with van der Waals surface area (Å²) >= 11 is 0. The smallest absolute Gasteiger partial charge is 0.340 e. The number of carboxylic acid groups (broad SMARTS) is 1. The van der Waals surface area contributed by atoms with Crippen LogP contribution in [0.15, 0.2) is 36.4 Å². The predicted molar refractivity (Wildman–Crippen MR) is 71.8 cm³/mol. The third kappa shape index (κ3) is 2.84. The van der Waals surface area contributed by atoms with E-state index >= 15 is 0 Å². The maximum atomic E-state index is 13.6. The molecule has 2 aromatic rings. The molecule has 0 amide bonds. The van der Waals surface area contributed by atoms with E-state index < -0.39 is 17.8 Å². The number of phenols is 1. The Kier molecular flexibility index (Phi) is 3.89. The lowest BCUT2D eigenvalue weighted by Crippen LogP contribution is -2.04. The maximum absolute atomic E-state index is 13.6. The van der Waals surface area contributed by atoms with E-state index in [9.17, 15) is 19.1 Å². The van der Waals surface area contributed by atoms with Crippen LogP contribution in [0.4, 0.5) is 4.39 Å². The van der Waals surface area contributed by atoms with Crippen molar-refractivity contribution in [1.29, 1.82) is 0 Å². The zero-order chi connectivity index (χ0) is 15.6. The van der Waals surface area contributed by atoms with Gasteiger partial charge in [0.05, 0.1) is 18.2 Å². The van der Waals surface area contributed by atoms with E-state index in [0.717, 1.165) is 19.2 Å². The van der Waals surface area contributed by atoms with Crippen molar-refractivity contribution >= 4 is 11.9 Å². The number of hydrogen-bond donors (Lipinski definition) is 2. The first kappa shape index (κ1) is 14.5. The number of methoxy groups -OCH3 is 1. The van der Waals surface area contributed by atoms with Crippen LogP contribution in [0.3, 0.4) is 0 Å². The van der Waals surface area contributed by atoms with E-state index in [2.05, 4.69) is 4.74 Å². The molecule has 2 N–H and O–H groups in total. The Morgan fingerprint density at radius 1 is 1.14 bits per heavy atom. The number of ether oxygens (including phenoxy) is 1. The first-order valence-corrected chi connectivity index (χ1v) is 5.88. The second-order valence-electron chi connectivity index (χ2n) is 4.22. The minimum absolute atomic E-state index is 0.0773. The number of esters is 1. The summed E-state index contributed by atoms with van der Waals surface area (Å²) in [5.74, 6) is -3.04. The molecule has 2 aromatic carbocycles. The maximum Gasteiger partial charge on any atom is 0.340 e. The molecule has 108 valence electrons. The molecule has 0 aliphatic rings. The van der Waals surface area contributed by atoms with Crippen LogP contribution >= 0.6 is 0 Å². The van der Waals surface area contributed by atoms with Gasteiger partial charge in [0, 0.05) is 5.56 Å². The third-order valence-corrected chi connectivity index (χ3v) is 2.93. The van der Waals surface area contributed by atoms with Crippen molar-refractivity contribution in [2.45, 2.75) is 0 Å². The van der Waals surface area contributed by atoms with E-state index in [0.29, 0.717) is 5.56 Å². The van der Waals surface area contributed by atoms with Gasteiger partial charge in [-0.25, -0.2) is 14.0 Å². The van der Waals surface area contributed by atoms with Gasteiger partial charge >= 0.3 is 11.9 Å². The number of phenolic OH excluding ortho intramolecular Hbond substituents is 1. The number of benzene rings is 2. The first-order chi connectivity index (χ1) is 9.93. The number of halogens is 1. The van der Waals surface area contributed by atoms with E-state index in [1.54, 1.807) is 0 Å². The SMILES string of the molecule is COC(=O)c1cc(-c2ccc(C(=O)O)cc2O)ccc1F. The van der Waals surface area contributed by atoms with Crippen molar-refractivity contribution in [3.63, 3.8) is 0 Å². The number of hydrogen-bond acceptors (Lipinski definition) is 4. The summed E-state index contributed by atoms with van der Waals surface area (Å²) < 4.78 is 18.0. The van der Waals surface area contributed by atoms with E-state index in [-0.39, 0.29) is 22.4 Å². The summed E-state index contributed by atoms with van der Waals surface area (Å²) in [7, 11) is 1.13. The molecule has 6 heteroatoms. The molecule has 0 heterocycles. The van der Waals surface area contributed by atoms with Crippen LogP contribution in [0.25, 0.3) is 11.1 Å². The fourth-order valence-electron chi connectivity index (χ4n) is 1.87. The standard InChI is InChI=1S/C15H11FO5/c1-21-15(20)11-6-8(3-5-12(11)16)10-4-2-9(14(18)19)7-13(10)17/h2-7,17H,1H3,(H,18,19). The number of carboxylic acids is 1.